The lowest BCUT2D eigenvalue weighted by atomic mass is 9.91. The average Bonchev–Trinajstić information content (AvgIpc) is 3.17. The minimum absolute atomic E-state index is 0.0776. The quantitative estimate of drug-likeness (QED) is 0.0860. The number of ether oxygens (including phenoxy) is 1. The van der Waals surface area contributed by atoms with Gasteiger partial charge in [-0.25, -0.2) is 0 Å². The Labute approximate surface area is 218 Å². The highest BCUT2D eigenvalue weighted by Gasteiger charge is 2.38. The molecule has 3 atom stereocenters. The zero-order valence-electron chi connectivity index (χ0n) is 19.1. The average molecular weight is 624 g/mol. The summed E-state index contributed by atoms with van der Waals surface area (Å²) >= 11 is 2.06. The first-order valence-electron chi connectivity index (χ1n) is 10.8. The number of carbonyl (C=O) groups excluding carboxylic acids is 1. The third kappa shape index (κ3) is 6.67. The number of amides is 1. The molecule has 2 aromatic carbocycles. The van der Waals surface area contributed by atoms with Crippen LogP contribution in [-0.2, 0) is 27.4 Å². The van der Waals surface area contributed by atoms with Crippen LogP contribution in [-0.4, -0.2) is 22.3 Å². The second kappa shape index (κ2) is 10.5. The summed E-state index contributed by atoms with van der Waals surface area (Å²) in [6.07, 6.45) is -7.18. The van der Waals surface area contributed by atoms with Crippen LogP contribution in [0.5, 0.6) is 0 Å². The second-order valence-electron chi connectivity index (χ2n) is 8.46. The Kier molecular flexibility index (Phi) is 8.23. The number of hydrogen-bond acceptors (Lipinski definition) is 3. The predicted molar refractivity (Wildman–Crippen MR) is 132 cm³/mol. The molecule has 36 heavy (non-hydrogen) atoms. The summed E-state index contributed by atoms with van der Waals surface area (Å²) in [5.74, 6) is -0.130. The van der Waals surface area contributed by atoms with Crippen molar-refractivity contribution in [1.29, 1.82) is 0 Å². The molecule has 0 unspecified atom stereocenters. The summed E-state index contributed by atoms with van der Waals surface area (Å²) in [5.41, 5.74) is -3.67. The third-order valence-corrected chi connectivity index (χ3v) is 6.89. The molecule has 1 N–H and O–H groups in total. The molecule has 0 saturated carbocycles. The molecule has 11 heteroatoms. The zero-order valence-corrected chi connectivity index (χ0v) is 21.2. The van der Waals surface area contributed by atoms with Crippen molar-refractivity contribution in [2.24, 2.45) is 4.99 Å². The van der Waals surface area contributed by atoms with E-state index in [1.165, 1.54) is 13.0 Å². The molecule has 3 rings (SSSR count). The van der Waals surface area contributed by atoms with Gasteiger partial charge in [-0.15, -0.1) is 6.58 Å². The maximum atomic E-state index is 13.3. The van der Waals surface area contributed by atoms with Gasteiger partial charge in [0.2, 0.25) is 5.91 Å². The number of halogens is 7. The monoisotopic (exact) mass is 624 g/mol. The van der Waals surface area contributed by atoms with Crippen molar-refractivity contribution in [3.8, 4) is 0 Å². The van der Waals surface area contributed by atoms with Crippen molar-refractivity contribution < 1.29 is 35.9 Å². The van der Waals surface area contributed by atoms with E-state index in [4.69, 9.17) is 4.74 Å². The van der Waals surface area contributed by atoms with Crippen molar-refractivity contribution in [1.82, 2.24) is 5.32 Å². The number of nitrogens with one attached hydrogen (secondary N) is 1. The summed E-state index contributed by atoms with van der Waals surface area (Å²) < 4.78 is 84.8. The Balaban J connectivity index is 1.95. The van der Waals surface area contributed by atoms with Gasteiger partial charge in [-0.2, -0.15) is 26.3 Å². The highest BCUT2D eigenvalue weighted by Crippen LogP contribution is 2.39. The molecule has 1 aliphatic heterocycles. The van der Waals surface area contributed by atoms with Crippen molar-refractivity contribution in [3.63, 3.8) is 0 Å². The summed E-state index contributed by atoms with van der Waals surface area (Å²) in [6.45, 7) is 5.00. The smallest absolute Gasteiger partial charge is 0.371 e. The molecule has 0 bridgehead atoms. The summed E-state index contributed by atoms with van der Waals surface area (Å²) in [5, 5.41) is 2.82. The van der Waals surface area contributed by atoms with Crippen LogP contribution >= 0.6 is 22.6 Å². The van der Waals surface area contributed by atoms with E-state index in [2.05, 4.69) is 39.5 Å². The van der Waals surface area contributed by atoms with Crippen molar-refractivity contribution in [2.75, 3.05) is 6.61 Å². The van der Waals surface area contributed by atoms with Gasteiger partial charge in [0.1, 0.15) is 9.08 Å². The van der Waals surface area contributed by atoms with Crippen LogP contribution in [0.25, 0.3) is 0 Å². The maximum Gasteiger partial charge on any atom is 0.416 e. The van der Waals surface area contributed by atoms with Crippen LogP contribution < -0.4 is 5.32 Å². The van der Waals surface area contributed by atoms with Crippen LogP contribution in [0.15, 0.2) is 66.2 Å². The molecular formula is C25H23F6IN2O2. The zero-order chi connectivity index (χ0) is 26.8. The molecule has 1 saturated heterocycles. The van der Waals surface area contributed by atoms with Crippen molar-refractivity contribution >= 4 is 34.7 Å². The number of benzene rings is 2. The number of carbonyl (C=O) groups is 1. The van der Waals surface area contributed by atoms with E-state index in [9.17, 15) is 31.1 Å². The Morgan fingerprint density at radius 1 is 1.08 bits per heavy atom. The molecule has 2 aromatic rings. The van der Waals surface area contributed by atoms with Crippen LogP contribution in [0.3, 0.4) is 0 Å². The Morgan fingerprint density at radius 2 is 1.67 bits per heavy atom. The molecule has 194 valence electrons. The standard InChI is InChI=1S/C25H23F6IN2O2/c1-3-22(18-7-5-4-6-8-18,33-14-23(32)10-9-21(35)34-23)15-36-16(2)17-11-19(24(26,27)28)13-20(12-17)25(29,30)31/h3-8,11-14,16H,1,9-10,15H2,2H3,(H,34,35)/b33-14-/t16-,22-,23+/m1/s1. The SMILES string of the molecule is C=C[C@](CO[C@H](C)c1cc(C(F)(F)F)cc(C(F)(F)F)c1)(/N=C\[C@]1(I)CCC(=O)N1)c1ccccc1. The number of aliphatic imine (C=N–C) groups is 1. The van der Waals surface area contributed by atoms with Gasteiger partial charge in [0.15, 0.2) is 0 Å². The summed E-state index contributed by atoms with van der Waals surface area (Å²) in [7, 11) is 0. The molecule has 1 amide bonds. The van der Waals surface area contributed by atoms with Gasteiger partial charge in [0, 0.05) is 12.6 Å². The van der Waals surface area contributed by atoms with Crippen LogP contribution in [0.1, 0.15) is 48.1 Å². The molecule has 0 aromatic heterocycles. The lowest BCUT2D eigenvalue weighted by molar-refractivity contribution is -0.143. The highest BCUT2D eigenvalue weighted by molar-refractivity contribution is 14.1. The van der Waals surface area contributed by atoms with E-state index in [0.717, 1.165) is 0 Å². The van der Waals surface area contributed by atoms with E-state index < -0.39 is 38.7 Å². The fourth-order valence-corrected chi connectivity index (χ4v) is 4.39. The van der Waals surface area contributed by atoms with Gasteiger partial charge in [-0.05, 0) is 65.3 Å². The third-order valence-electron chi connectivity index (χ3n) is 5.81. The Hall–Kier alpha value is -2.41. The molecule has 0 aliphatic carbocycles. The first kappa shape index (κ1) is 28.2. The van der Waals surface area contributed by atoms with Gasteiger partial charge in [-0.3, -0.25) is 9.79 Å². The number of alkyl halides is 7. The summed E-state index contributed by atoms with van der Waals surface area (Å²) in [6, 6.07) is 10.2. The minimum atomic E-state index is -4.96. The van der Waals surface area contributed by atoms with Gasteiger partial charge < -0.3 is 10.1 Å². The lowest BCUT2D eigenvalue weighted by Gasteiger charge is -2.30. The molecule has 0 radical (unpaired) electrons. The fourth-order valence-electron chi connectivity index (χ4n) is 3.68. The largest absolute Gasteiger partial charge is 0.416 e. The van der Waals surface area contributed by atoms with E-state index in [-0.39, 0.29) is 24.1 Å². The van der Waals surface area contributed by atoms with Crippen LogP contribution in [0.2, 0.25) is 0 Å². The highest BCUT2D eigenvalue weighted by atomic mass is 127. The molecule has 0 spiro atoms. The van der Waals surface area contributed by atoms with Crippen molar-refractivity contribution in [3.05, 3.63) is 83.4 Å². The Bertz CT molecular complexity index is 1100. The number of hydrogen-bond donors (Lipinski definition) is 1. The lowest BCUT2D eigenvalue weighted by Crippen LogP contribution is -2.38. The molecule has 4 nitrogen and oxygen atoms in total. The van der Waals surface area contributed by atoms with Gasteiger partial charge in [0.25, 0.3) is 0 Å². The van der Waals surface area contributed by atoms with E-state index in [0.29, 0.717) is 30.5 Å². The maximum absolute atomic E-state index is 13.3. The first-order valence-corrected chi connectivity index (χ1v) is 11.9. The van der Waals surface area contributed by atoms with Crippen LogP contribution in [0, 0.1) is 0 Å². The van der Waals surface area contributed by atoms with E-state index in [1.807, 2.05) is 0 Å². The molecule has 1 fully saturated rings. The fraction of sp³-hybridized carbons (Fsp3) is 0.360. The van der Waals surface area contributed by atoms with E-state index >= 15 is 0 Å². The minimum Gasteiger partial charge on any atom is -0.371 e. The number of nitrogens with zero attached hydrogens (tertiary/aromatic N) is 1. The van der Waals surface area contributed by atoms with Gasteiger partial charge in [0.05, 0.1) is 23.8 Å². The van der Waals surface area contributed by atoms with Crippen LogP contribution in [0.4, 0.5) is 26.3 Å². The second-order valence-corrected chi connectivity index (χ2v) is 10.4. The Morgan fingerprint density at radius 3 is 2.14 bits per heavy atom. The first-order chi connectivity index (χ1) is 16.7. The normalized spacial score (nSPS) is 21.3. The van der Waals surface area contributed by atoms with Gasteiger partial charge in [-0.1, -0.05) is 36.4 Å². The molecule has 1 aliphatic rings. The molecule has 1 heterocycles. The topological polar surface area (TPSA) is 50.7 Å². The number of rotatable bonds is 8. The van der Waals surface area contributed by atoms with Gasteiger partial charge >= 0.3 is 12.4 Å². The molecular weight excluding hydrogens is 601 g/mol. The van der Waals surface area contributed by atoms with Crippen molar-refractivity contribution in [2.45, 2.75) is 47.3 Å². The summed E-state index contributed by atoms with van der Waals surface area (Å²) in [4.78, 5) is 16.4. The predicted octanol–water partition coefficient (Wildman–Crippen LogP) is 7.00. The van der Waals surface area contributed by atoms with E-state index in [1.54, 1.807) is 36.5 Å².